The predicted molar refractivity (Wildman–Crippen MR) is 105 cm³/mol. The maximum atomic E-state index is 12.8. The van der Waals surface area contributed by atoms with Gasteiger partial charge < -0.3 is 14.8 Å². The first-order chi connectivity index (χ1) is 13.1. The quantitative estimate of drug-likeness (QED) is 0.636. The van der Waals surface area contributed by atoms with Crippen molar-refractivity contribution in [2.45, 2.75) is 39.8 Å². The SMILES string of the molecule is CCCn1c(=O)c2[nH]c(-c3ccc(OCCO)cc3)cc2n(CCC)c1=O. The van der Waals surface area contributed by atoms with Crippen molar-refractivity contribution in [3.05, 3.63) is 51.2 Å². The van der Waals surface area contributed by atoms with Crippen LogP contribution in [-0.2, 0) is 13.1 Å². The van der Waals surface area contributed by atoms with Gasteiger partial charge in [-0.2, -0.15) is 0 Å². The second-order valence-corrected chi connectivity index (χ2v) is 6.43. The van der Waals surface area contributed by atoms with Gasteiger partial charge in [-0.25, -0.2) is 4.79 Å². The van der Waals surface area contributed by atoms with E-state index in [0.29, 0.717) is 29.9 Å². The fourth-order valence-electron chi connectivity index (χ4n) is 3.20. The first-order valence-electron chi connectivity index (χ1n) is 9.31. The van der Waals surface area contributed by atoms with E-state index in [1.807, 2.05) is 44.2 Å². The number of H-pyrrole nitrogens is 1. The highest BCUT2D eigenvalue weighted by atomic mass is 16.5. The number of ether oxygens (including phenoxy) is 1. The number of nitrogens with one attached hydrogen (secondary N) is 1. The molecule has 7 nitrogen and oxygen atoms in total. The minimum Gasteiger partial charge on any atom is -0.491 e. The Balaban J connectivity index is 2.11. The van der Waals surface area contributed by atoms with Gasteiger partial charge in [0.15, 0.2) is 0 Å². The normalized spacial score (nSPS) is 11.2. The first-order valence-corrected chi connectivity index (χ1v) is 9.31. The van der Waals surface area contributed by atoms with Gasteiger partial charge in [-0.05, 0) is 48.7 Å². The number of aliphatic hydroxyl groups excluding tert-OH is 1. The summed E-state index contributed by atoms with van der Waals surface area (Å²) < 4.78 is 8.36. The zero-order valence-electron chi connectivity index (χ0n) is 15.7. The molecule has 0 spiro atoms. The average molecular weight is 371 g/mol. The predicted octanol–water partition coefficient (Wildman–Crippen LogP) is 2.35. The van der Waals surface area contributed by atoms with Gasteiger partial charge in [-0.1, -0.05) is 13.8 Å². The number of nitrogens with zero attached hydrogens (tertiary/aromatic N) is 2. The van der Waals surface area contributed by atoms with Crippen molar-refractivity contribution in [3.63, 3.8) is 0 Å². The third-order valence-corrected chi connectivity index (χ3v) is 4.43. The zero-order valence-corrected chi connectivity index (χ0v) is 15.7. The summed E-state index contributed by atoms with van der Waals surface area (Å²) in [5, 5.41) is 8.83. The molecule has 0 unspecified atom stereocenters. The molecule has 3 rings (SSSR count). The van der Waals surface area contributed by atoms with Crippen molar-refractivity contribution in [1.82, 2.24) is 14.1 Å². The summed E-state index contributed by atoms with van der Waals surface area (Å²) >= 11 is 0. The van der Waals surface area contributed by atoms with Crippen molar-refractivity contribution in [2.24, 2.45) is 0 Å². The van der Waals surface area contributed by atoms with Crippen LogP contribution < -0.4 is 16.0 Å². The Morgan fingerprint density at radius 2 is 1.70 bits per heavy atom. The van der Waals surface area contributed by atoms with Crippen LogP contribution in [0.2, 0.25) is 0 Å². The van der Waals surface area contributed by atoms with E-state index >= 15 is 0 Å². The van der Waals surface area contributed by atoms with Crippen molar-refractivity contribution >= 4 is 11.0 Å². The lowest BCUT2D eigenvalue weighted by atomic mass is 10.1. The molecule has 0 radical (unpaired) electrons. The number of rotatable bonds is 8. The number of aryl methyl sites for hydroxylation is 1. The van der Waals surface area contributed by atoms with Gasteiger partial charge in [-0.15, -0.1) is 0 Å². The Labute approximate surface area is 156 Å². The van der Waals surface area contributed by atoms with Crippen molar-refractivity contribution in [3.8, 4) is 17.0 Å². The Kier molecular flexibility index (Phi) is 5.81. The highest BCUT2D eigenvalue weighted by Crippen LogP contribution is 2.24. The molecular weight excluding hydrogens is 346 g/mol. The summed E-state index contributed by atoms with van der Waals surface area (Å²) in [7, 11) is 0. The van der Waals surface area contributed by atoms with Crippen LogP contribution in [0.15, 0.2) is 39.9 Å². The van der Waals surface area contributed by atoms with Crippen LogP contribution in [0.3, 0.4) is 0 Å². The van der Waals surface area contributed by atoms with Crippen molar-refractivity contribution in [2.75, 3.05) is 13.2 Å². The third-order valence-electron chi connectivity index (χ3n) is 4.43. The molecule has 27 heavy (non-hydrogen) atoms. The number of hydrogen-bond acceptors (Lipinski definition) is 4. The van der Waals surface area contributed by atoms with E-state index in [1.165, 1.54) is 4.57 Å². The van der Waals surface area contributed by atoms with Gasteiger partial charge in [0, 0.05) is 18.8 Å². The number of aliphatic hydroxyl groups is 1. The molecule has 0 saturated heterocycles. The molecule has 7 heteroatoms. The van der Waals surface area contributed by atoms with E-state index in [-0.39, 0.29) is 24.5 Å². The Bertz CT molecular complexity index is 1030. The van der Waals surface area contributed by atoms with E-state index in [0.717, 1.165) is 24.1 Å². The molecule has 0 atom stereocenters. The summed E-state index contributed by atoms with van der Waals surface area (Å²) in [6.45, 7) is 5.12. The highest BCUT2D eigenvalue weighted by molar-refractivity contribution is 5.82. The lowest BCUT2D eigenvalue weighted by molar-refractivity contribution is 0.201. The minimum absolute atomic E-state index is 0.0389. The molecule has 0 bridgehead atoms. The van der Waals surface area contributed by atoms with E-state index in [4.69, 9.17) is 9.84 Å². The summed E-state index contributed by atoms with van der Waals surface area (Å²) in [6.07, 6.45) is 1.52. The molecule has 1 aromatic carbocycles. The first kappa shape index (κ1) is 19.0. The molecule has 0 aliphatic carbocycles. The lowest BCUT2D eigenvalue weighted by Crippen LogP contribution is -2.39. The van der Waals surface area contributed by atoms with Gasteiger partial charge in [0.2, 0.25) is 0 Å². The Morgan fingerprint density at radius 3 is 2.33 bits per heavy atom. The number of aromatic nitrogens is 3. The summed E-state index contributed by atoms with van der Waals surface area (Å²) in [6, 6.07) is 9.23. The number of aromatic amines is 1. The minimum atomic E-state index is -0.279. The molecule has 2 heterocycles. The van der Waals surface area contributed by atoms with Gasteiger partial charge in [0.25, 0.3) is 5.56 Å². The molecule has 3 aromatic rings. The second kappa shape index (κ2) is 8.26. The largest absolute Gasteiger partial charge is 0.491 e. The van der Waals surface area contributed by atoms with Crippen LogP contribution in [-0.4, -0.2) is 32.4 Å². The van der Waals surface area contributed by atoms with Crippen LogP contribution in [0.25, 0.3) is 22.3 Å². The Morgan fingerprint density at radius 1 is 1.04 bits per heavy atom. The molecule has 0 amide bonds. The van der Waals surface area contributed by atoms with Gasteiger partial charge >= 0.3 is 5.69 Å². The van der Waals surface area contributed by atoms with Gasteiger partial charge in [0.05, 0.1) is 12.1 Å². The summed E-state index contributed by atoms with van der Waals surface area (Å²) in [4.78, 5) is 28.7. The number of hydrogen-bond donors (Lipinski definition) is 2. The summed E-state index contributed by atoms with van der Waals surface area (Å²) in [5.74, 6) is 0.664. The van der Waals surface area contributed by atoms with Crippen molar-refractivity contribution < 1.29 is 9.84 Å². The van der Waals surface area contributed by atoms with Crippen molar-refractivity contribution in [1.29, 1.82) is 0 Å². The van der Waals surface area contributed by atoms with E-state index in [9.17, 15) is 9.59 Å². The zero-order chi connectivity index (χ0) is 19.4. The topological polar surface area (TPSA) is 89.2 Å². The van der Waals surface area contributed by atoms with E-state index in [1.54, 1.807) is 4.57 Å². The van der Waals surface area contributed by atoms with Gasteiger partial charge in [0.1, 0.15) is 17.9 Å². The van der Waals surface area contributed by atoms with Crippen LogP contribution in [0, 0.1) is 0 Å². The molecule has 144 valence electrons. The molecule has 0 fully saturated rings. The monoisotopic (exact) mass is 371 g/mol. The van der Waals surface area contributed by atoms with Crippen LogP contribution in [0.4, 0.5) is 0 Å². The average Bonchev–Trinajstić information content (AvgIpc) is 3.13. The molecule has 0 aliphatic heterocycles. The smallest absolute Gasteiger partial charge is 0.331 e. The van der Waals surface area contributed by atoms with Crippen LogP contribution in [0.1, 0.15) is 26.7 Å². The fraction of sp³-hybridized carbons (Fsp3) is 0.400. The second-order valence-electron chi connectivity index (χ2n) is 6.43. The molecular formula is C20H25N3O4. The molecule has 2 N–H and O–H groups in total. The number of benzene rings is 1. The molecule has 0 saturated carbocycles. The Hall–Kier alpha value is -2.80. The van der Waals surface area contributed by atoms with E-state index < -0.39 is 0 Å². The van der Waals surface area contributed by atoms with Crippen LogP contribution in [0.5, 0.6) is 5.75 Å². The summed E-state index contributed by atoms with van der Waals surface area (Å²) in [5.41, 5.74) is 2.21. The molecule has 0 aliphatic rings. The van der Waals surface area contributed by atoms with Gasteiger partial charge in [-0.3, -0.25) is 13.9 Å². The molecule has 2 aromatic heterocycles. The fourth-order valence-corrected chi connectivity index (χ4v) is 3.20. The maximum Gasteiger partial charge on any atom is 0.331 e. The third kappa shape index (κ3) is 3.68. The number of fused-ring (bicyclic) bond motifs is 1. The maximum absolute atomic E-state index is 12.8. The highest BCUT2D eigenvalue weighted by Gasteiger charge is 2.15. The lowest BCUT2D eigenvalue weighted by Gasteiger charge is -2.10. The van der Waals surface area contributed by atoms with E-state index in [2.05, 4.69) is 4.98 Å². The van der Waals surface area contributed by atoms with Crippen LogP contribution >= 0.6 is 0 Å². The standard InChI is InChI=1S/C20H25N3O4/c1-3-9-22-17-13-16(14-5-7-15(8-6-14)27-12-11-24)21-18(17)19(25)23(10-4-2)20(22)26/h5-8,13,21,24H,3-4,9-12H2,1-2H3.